The third-order valence-corrected chi connectivity index (χ3v) is 6.23. The molecule has 2 aliphatic heterocycles. The number of unbranched alkanes of at least 4 members (excludes halogenated alkanes) is 1. The Morgan fingerprint density at radius 3 is 2.32 bits per heavy atom. The van der Waals surface area contributed by atoms with Gasteiger partial charge in [-0.2, -0.15) is 0 Å². The minimum Gasteiger partial charge on any atom is -0.494 e. The van der Waals surface area contributed by atoms with Crippen LogP contribution in [0.4, 0.5) is 0 Å². The highest BCUT2D eigenvalue weighted by atomic mass is 16.7. The molecule has 0 unspecified atom stereocenters. The second-order valence-corrected chi connectivity index (χ2v) is 8.71. The summed E-state index contributed by atoms with van der Waals surface area (Å²) in [5, 5.41) is 2.29. The van der Waals surface area contributed by atoms with E-state index in [2.05, 4.69) is 37.3 Å². The van der Waals surface area contributed by atoms with E-state index < -0.39 is 0 Å². The van der Waals surface area contributed by atoms with E-state index in [1.165, 1.54) is 19.3 Å². The summed E-state index contributed by atoms with van der Waals surface area (Å²) in [6.45, 7) is 7.95. The first-order valence-electron chi connectivity index (χ1n) is 11.9. The van der Waals surface area contributed by atoms with Gasteiger partial charge in [0.25, 0.3) is 0 Å². The van der Waals surface area contributed by atoms with Gasteiger partial charge in [-0.3, -0.25) is 0 Å². The molecule has 0 aliphatic carbocycles. The molecular formula is C26H36O5. The summed E-state index contributed by atoms with van der Waals surface area (Å²) < 4.78 is 29.7. The van der Waals surface area contributed by atoms with Gasteiger partial charge >= 0.3 is 0 Å². The molecule has 4 rings (SSSR count). The van der Waals surface area contributed by atoms with E-state index in [4.69, 9.17) is 23.7 Å². The SMILES string of the molecule is CCCCC1COC(CCC2COC(c3cccc4cc(OCC)ccc34)OC2)OC1. The quantitative estimate of drug-likeness (QED) is 0.501. The zero-order valence-corrected chi connectivity index (χ0v) is 18.9. The van der Waals surface area contributed by atoms with Crippen LogP contribution in [0.2, 0.25) is 0 Å². The maximum Gasteiger partial charge on any atom is 0.184 e. The van der Waals surface area contributed by atoms with Gasteiger partial charge in [0.1, 0.15) is 5.75 Å². The lowest BCUT2D eigenvalue weighted by Crippen LogP contribution is -2.33. The molecule has 2 saturated heterocycles. The van der Waals surface area contributed by atoms with Gasteiger partial charge in [0, 0.05) is 17.4 Å². The summed E-state index contributed by atoms with van der Waals surface area (Å²) in [5.74, 6) is 1.82. The monoisotopic (exact) mass is 428 g/mol. The van der Waals surface area contributed by atoms with E-state index in [1.807, 2.05) is 13.0 Å². The van der Waals surface area contributed by atoms with Crippen molar-refractivity contribution in [3.63, 3.8) is 0 Å². The average Bonchev–Trinajstić information content (AvgIpc) is 2.82. The fraction of sp³-hybridized carbons (Fsp3) is 0.615. The van der Waals surface area contributed by atoms with Crippen molar-refractivity contribution in [1.29, 1.82) is 0 Å². The van der Waals surface area contributed by atoms with Crippen molar-refractivity contribution in [1.82, 2.24) is 0 Å². The molecule has 2 aromatic carbocycles. The molecule has 0 N–H and O–H groups in total. The van der Waals surface area contributed by atoms with Gasteiger partial charge in [0.05, 0.1) is 33.0 Å². The minimum atomic E-state index is -0.320. The topological polar surface area (TPSA) is 46.2 Å². The maximum atomic E-state index is 6.13. The number of hydrogen-bond acceptors (Lipinski definition) is 5. The van der Waals surface area contributed by atoms with Crippen LogP contribution in [-0.4, -0.2) is 39.3 Å². The summed E-state index contributed by atoms with van der Waals surface area (Å²) in [4.78, 5) is 0. The van der Waals surface area contributed by atoms with Crippen molar-refractivity contribution in [2.75, 3.05) is 33.0 Å². The zero-order chi connectivity index (χ0) is 21.5. The Morgan fingerprint density at radius 1 is 0.839 bits per heavy atom. The van der Waals surface area contributed by atoms with Gasteiger partial charge in [0.15, 0.2) is 12.6 Å². The highest BCUT2D eigenvalue weighted by Gasteiger charge is 2.27. The highest BCUT2D eigenvalue weighted by Crippen LogP contribution is 2.33. The first-order chi connectivity index (χ1) is 15.3. The summed E-state index contributed by atoms with van der Waals surface area (Å²) in [6.07, 6.45) is 5.18. The van der Waals surface area contributed by atoms with Crippen molar-refractivity contribution in [3.8, 4) is 5.75 Å². The molecule has 170 valence electrons. The summed E-state index contributed by atoms with van der Waals surface area (Å²) in [5.41, 5.74) is 1.08. The maximum absolute atomic E-state index is 6.13. The Labute approximate surface area is 186 Å². The lowest BCUT2D eigenvalue weighted by Gasteiger charge is -2.33. The predicted molar refractivity (Wildman–Crippen MR) is 121 cm³/mol. The molecule has 2 aromatic rings. The molecule has 2 aliphatic rings. The van der Waals surface area contributed by atoms with Crippen LogP contribution in [0.15, 0.2) is 36.4 Å². The molecule has 0 spiro atoms. The molecule has 0 aromatic heterocycles. The number of rotatable bonds is 9. The normalized spacial score (nSPS) is 26.8. The fourth-order valence-electron chi connectivity index (χ4n) is 4.42. The second kappa shape index (κ2) is 11.3. The van der Waals surface area contributed by atoms with Crippen molar-refractivity contribution < 1.29 is 23.7 Å². The molecule has 5 heteroatoms. The van der Waals surface area contributed by atoms with Crippen LogP contribution >= 0.6 is 0 Å². The third kappa shape index (κ3) is 5.98. The Kier molecular flexibility index (Phi) is 8.20. The molecule has 0 bridgehead atoms. The molecule has 2 fully saturated rings. The first kappa shape index (κ1) is 22.5. The molecule has 2 heterocycles. The number of hydrogen-bond donors (Lipinski definition) is 0. The van der Waals surface area contributed by atoms with Crippen molar-refractivity contribution in [2.24, 2.45) is 11.8 Å². The molecular weight excluding hydrogens is 392 g/mol. The van der Waals surface area contributed by atoms with Crippen molar-refractivity contribution >= 4 is 10.8 Å². The van der Waals surface area contributed by atoms with Gasteiger partial charge in [-0.1, -0.05) is 44.0 Å². The number of benzene rings is 2. The summed E-state index contributed by atoms with van der Waals surface area (Å²) in [7, 11) is 0. The van der Waals surface area contributed by atoms with Crippen LogP contribution in [-0.2, 0) is 18.9 Å². The van der Waals surface area contributed by atoms with E-state index in [0.717, 1.165) is 48.1 Å². The molecule has 0 saturated carbocycles. The highest BCUT2D eigenvalue weighted by molar-refractivity contribution is 5.87. The Bertz CT molecular complexity index is 807. The van der Waals surface area contributed by atoms with Crippen LogP contribution in [0.1, 0.15) is 57.8 Å². The van der Waals surface area contributed by atoms with E-state index in [-0.39, 0.29) is 12.6 Å². The summed E-state index contributed by atoms with van der Waals surface area (Å²) >= 11 is 0. The van der Waals surface area contributed by atoms with Crippen LogP contribution < -0.4 is 4.74 Å². The molecule has 31 heavy (non-hydrogen) atoms. The molecule has 0 amide bonds. The van der Waals surface area contributed by atoms with E-state index in [9.17, 15) is 0 Å². The van der Waals surface area contributed by atoms with Crippen LogP contribution in [0.5, 0.6) is 5.75 Å². The third-order valence-electron chi connectivity index (χ3n) is 6.23. The Hall–Kier alpha value is -1.66. The lowest BCUT2D eigenvalue weighted by atomic mass is 10.0. The first-order valence-corrected chi connectivity index (χ1v) is 11.9. The second-order valence-electron chi connectivity index (χ2n) is 8.71. The van der Waals surface area contributed by atoms with Crippen LogP contribution in [0.3, 0.4) is 0 Å². The van der Waals surface area contributed by atoms with Crippen LogP contribution in [0.25, 0.3) is 10.8 Å². The van der Waals surface area contributed by atoms with Crippen LogP contribution in [0, 0.1) is 11.8 Å². The summed E-state index contributed by atoms with van der Waals surface area (Å²) in [6, 6.07) is 12.4. The van der Waals surface area contributed by atoms with Crippen molar-refractivity contribution in [3.05, 3.63) is 42.0 Å². The Morgan fingerprint density at radius 2 is 1.58 bits per heavy atom. The van der Waals surface area contributed by atoms with E-state index in [0.29, 0.717) is 31.7 Å². The average molecular weight is 429 g/mol. The zero-order valence-electron chi connectivity index (χ0n) is 18.9. The van der Waals surface area contributed by atoms with Gasteiger partial charge in [-0.05, 0) is 49.1 Å². The number of fused-ring (bicyclic) bond motifs is 1. The fourth-order valence-corrected chi connectivity index (χ4v) is 4.42. The molecule has 0 radical (unpaired) electrons. The smallest absolute Gasteiger partial charge is 0.184 e. The molecule has 5 nitrogen and oxygen atoms in total. The Balaban J connectivity index is 1.25. The van der Waals surface area contributed by atoms with E-state index >= 15 is 0 Å². The molecule has 0 atom stereocenters. The van der Waals surface area contributed by atoms with Gasteiger partial charge in [-0.15, -0.1) is 0 Å². The van der Waals surface area contributed by atoms with Crippen molar-refractivity contribution in [2.45, 2.75) is 58.5 Å². The van der Waals surface area contributed by atoms with E-state index in [1.54, 1.807) is 0 Å². The van der Waals surface area contributed by atoms with Gasteiger partial charge < -0.3 is 23.7 Å². The predicted octanol–water partition coefficient (Wildman–Crippen LogP) is 5.86. The lowest BCUT2D eigenvalue weighted by molar-refractivity contribution is -0.220. The standard InChI is InChI=1S/C26H36O5/c1-3-5-7-19-15-28-25(29-16-19)13-10-20-17-30-26(31-18-20)24-9-6-8-21-14-22(27-4-2)11-12-23(21)24/h6,8-9,11-12,14,19-20,25-26H,3-5,7,10,13,15-18H2,1-2H3. The van der Waals surface area contributed by atoms with Gasteiger partial charge in [0.2, 0.25) is 0 Å². The number of ether oxygens (including phenoxy) is 5. The minimum absolute atomic E-state index is 0.0757. The largest absolute Gasteiger partial charge is 0.494 e. The van der Waals surface area contributed by atoms with Gasteiger partial charge in [-0.25, -0.2) is 0 Å².